The number of aliphatic hydroxyl groups excluding tert-OH is 1. The number of benzene rings is 3. The molecule has 1 aliphatic rings. The topological polar surface area (TPSA) is 76.0 Å². The molecule has 0 aromatic heterocycles. The predicted molar refractivity (Wildman–Crippen MR) is 117 cm³/mol. The molecular weight excluding hydrogens is 437 g/mol. The summed E-state index contributed by atoms with van der Waals surface area (Å²) in [6, 6.07) is 19.4. The van der Waals surface area contributed by atoms with Gasteiger partial charge in [0.15, 0.2) is 23.1 Å². The molecular formula is C24H23F2O5P. The van der Waals surface area contributed by atoms with Gasteiger partial charge in [0.05, 0.1) is 12.7 Å². The van der Waals surface area contributed by atoms with Crippen LogP contribution >= 0.6 is 7.14 Å². The molecule has 3 aromatic carbocycles. The van der Waals surface area contributed by atoms with Crippen molar-refractivity contribution < 1.29 is 33.0 Å². The van der Waals surface area contributed by atoms with E-state index in [1.54, 1.807) is 48.5 Å². The molecule has 1 heterocycles. The number of aromatic hydroxyl groups is 1. The molecule has 32 heavy (non-hydrogen) atoms. The minimum Gasteiger partial charge on any atom is -0.504 e. The Morgan fingerprint density at radius 3 is 2.12 bits per heavy atom. The first kappa shape index (κ1) is 22.5. The van der Waals surface area contributed by atoms with E-state index in [0.29, 0.717) is 16.7 Å². The van der Waals surface area contributed by atoms with Crippen LogP contribution in [0.1, 0.15) is 6.42 Å². The van der Waals surface area contributed by atoms with E-state index in [1.165, 1.54) is 0 Å². The Balaban J connectivity index is 1.60. The fourth-order valence-electron chi connectivity index (χ4n) is 3.86. The van der Waals surface area contributed by atoms with Crippen LogP contribution in [-0.4, -0.2) is 41.3 Å². The standard InChI is InChI=1S/C24H23F2O5P/c25-18-13-20(27)22(14-19(18)26)31-21-11-12-30-23(24(21)28)15-32(29,16-7-3-1-4-8-16)17-9-5-2-6-10-17/h1-10,13-14,21,23-24,27-28H,11-12,15H2/t21-,23?,24+/m1/s1. The molecule has 3 atom stereocenters. The van der Waals surface area contributed by atoms with E-state index in [9.17, 15) is 23.6 Å². The molecule has 0 saturated carbocycles. The molecule has 1 fully saturated rings. The van der Waals surface area contributed by atoms with Crippen molar-refractivity contribution in [1.82, 2.24) is 0 Å². The number of phenols is 1. The number of ether oxygens (including phenoxy) is 2. The highest BCUT2D eigenvalue weighted by Crippen LogP contribution is 2.45. The zero-order chi connectivity index (χ0) is 22.7. The highest BCUT2D eigenvalue weighted by molar-refractivity contribution is 7.78. The van der Waals surface area contributed by atoms with Gasteiger partial charge in [0.25, 0.3) is 0 Å². The van der Waals surface area contributed by atoms with Crippen molar-refractivity contribution in [2.45, 2.75) is 24.7 Å². The lowest BCUT2D eigenvalue weighted by molar-refractivity contribution is -0.117. The first-order chi connectivity index (χ1) is 15.4. The van der Waals surface area contributed by atoms with E-state index >= 15 is 0 Å². The largest absolute Gasteiger partial charge is 0.504 e. The molecule has 1 aliphatic heterocycles. The average molecular weight is 460 g/mol. The number of phenolic OH excluding ortho intramolecular Hbond substituents is 1. The second kappa shape index (κ2) is 9.41. The lowest BCUT2D eigenvalue weighted by Gasteiger charge is -2.36. The Morgan fingerprint density at radius 1 is 0.969 bits per heavy atom. The van der Waals surface area contributed by atoms with E-state index in [0.717, 1.165) is 6.07 Å². The smallest absolute Gasteiger partial charge is 0.164 e. The number of hydrogen-bond donors (Lipinski definition) is 2. The number of aliphatic hydroxyl groups is 1. The van der Waals surface area contributed by atoms with Crippen LogP contribution < -0.4 is 15.3 Å². The fraction of sp³-hybridized carbons (Fsp3) is 0.250. The third kappa shape index (κ3) is 4.56. The molecule has 0 bridgehead atoms. The van der Waals surface area contributed by atoms with Crippen LogP contribution in [0, 0.1) is 11.6 Å². The van der Waals surface area contributed by atoms with E-state index < -0.39 is 42.8 Å². The summed E-state index contributed by atoms with van der Waals surface area (Å²) in [6.45, 7) is 0.209. The maximum absolute atomic E-state index is 14.3. The van der Waals surface area contributed by atoms with Gasteiger partial charge in [0.2, 0.25) is 0 Å². The van der Waals surface area contributed by atoms with E-state index in [1.807, 2.05) is 12.1 Å². The van der Waals surface area contributed by atoms with Gasteiger partial charge < -0.3 is 24.3 Å². The van der Waals surface area contributed by atoms with Gasteiger partial charge in [-0.15, -0.1) is 0 Å². The molecule has 3 aromatic rings. The molecule has 0 amide bonds. The molecule has 4 rings (SSSR count). The van der Waals surface area contributed by atoms with Gasteiger partial charge in [-0.1, -0.05) is 60.7 Å². The summed E-state index contributed by atoms with van der Waals surface area (Å²) in [6.07, 6.45) is -2.59. The molecule has 5 nitrogen and oxygen atoms in total. The first-order valence-electron chi connectivity index (χ1n) is 10.2. The average Bonchev–Trinajstić information content (AvgIpc) is 2.81. The second-order valence-electron chi connectivity index (χ2n) is 7.67. The van der Waals surface area contributed by atoms with Crippen molar-refractivity contribution >= 4 is 17.8 Å². The summed E-state index contributed by atoms with van der Waals surface area (Å²) in [5, 5.41) is 22.1. The van der Waals surface area contributed by atoms with Crippen LogP contribution in [0.15, 0.2) is 72.8 Å². The van der Waals surface area contributed by atoms with Gasteiger partial charge in [-0.2, -0.15) is 0 Å². The Labute approximate surface area is 184 Å². The zero-order valence-corrected chi connectivity index (χ0v) is 18.0. The van der Waals surface area contributed by atoms with Crippen LogP contribution in [0.5, 0.6) is 11.5 Å². The van der Waals surface area contributed by atoms with E-state index in [-0.39, 0.29) is 24.9 Å². The van der Waals surface area contributed by atoms with Crippen LogP contribution in [0.4, 0.5) is 8.78 Å². The maximum atomic E-state index is 14.3. The lowest BCUT2D eigenvalue weighted by atomic mass is 10.0. The predicted octanol–water partition coefficient (Wildman–Crippen LogP) is 3.58. The molecule has 0 aliphatic carbocycles. The summed E-state index contributed by atoms with van der Waals surface area (Å²) in [5.74, 6) is -3.22. The van der Waals surface area contributed by atoms with Gasteiger partial charge in [-0.25, -0.2) is 8.78 Å². The summed E-state index contributed by atoms with van der Waals surface area (Å²) in [5.41, 5.74) is 0. The molecule has 1 saturated heterocycles. The number of rotatable bonds is 6. The van der Waals surface area contributed by atoms with Crippen molar-refractivity contribution in [1.29, 1.82) is 0 Å². The van der Waals surface area contributed by atoms with Crippen molar-refractivity contribution in [3.63, 3.8) is 0 Å². The Kier molecular flexibility index (Phi) is 6.60. The van der Waals surface area contributed by atoms with Crippen LogP contribution in [0.2, 0.25) is 0 Å². The molecule has 8 heteroatoms. The maximum Gasteiger partial charge on any atom is 0.164 e. The lowest BCUT2D eigenvalue weighted by Crippen LogP contribution is -2.49. The molecule has 0 radical (unpaired) electrons. The number of hydrogen-bond acceptors (Lipinski definition) is 5. The minimum atomic E-state index is -3.16. The van der Waals surface area contributed by atoms with Crippen molar-refractivity contribution in [2.24, 2.45) is 0 Å². The third-order valence-electron chi connectivity index (χ3n) is 5.56. The van der Waals surface area contributed by atoms with Crippen molar-refractivity contribution in [3.8, 4) is 11.5 Å². The second-order valence-corrected chi connectivity index (χ2v) is 10.5. The molecule has 168 valence electrons. The summed E-state index contributed by atoms with van der Waals surface area (Å²) >= 11 is 0. The molecule has 2 N–H and O–H groups in total. The summed E-state index contributed by atoms with van der Waals surface area (Å²) in [7, 11) is -3.16. The Hall–Kier alpha value is -2.73. The van der Waals surface area contributed by atoms with E-state index in [4.69, 9.17) is 9.47 Å². The van der Waals surface area contributed by atoms with Crippen LogP contribution in [0.3, 0.4) is 0 Å². The van der Waals surface area contributed by atoms with Gasteiger partial charge in [-0.05, 0) is 0 Å². The SMILES string of the molecule is O=P(CC1OCC[C@@H](Oc2cc(F)c(F)cc2O)[C@@H]1O)(c1ccccc1)c1ccccc1. The third-order valence-corrected chi connectivity index (χ3v) is 8.70. The Morgan fingerprint density at radius 2 is 1.53 bits per heavy atom. The fourth-order valence-corrected chi connectivity index (χ4v) is 6.72. The van der Waals surface area contributed by atoms with Crippen LogP contribution in [-0.2, 0) is 9.30 Å². The van der Waals surface area contributed by atoms with Gasteiger partial charge in [0.1, 0.15) is 19.3 Å². The van der Waals surface area contributed by atoms with Gasteiger partial charge in [-0.3, -0.25) is 0 Å². The Bertz CT molecular complexity index is 1070. The van der Waals surface area contributed by atoms with E-state index in [2.05, 4.69) is 0 Å². The molecule has 1 unspecified atom stereocenters. The van der Waals surface area contributed by atoms with Gasteiger partial charge >= 0.3 is 0 Å². The highest BCUT2D eigenvalue weighted by atomic mass is 31.2. The molecule has 0 spiro atoms. The number of halogens is 2. The van der Waals surface area contributed by atoms with Crippen LogP contribution in [0.25, 0.3) is 0 Å². The minimum absolute atomic E-state index is 0.0335. The van der Waals surface area contributed by atoms with Crippen molar-refractivity contribution in [2.75, 3.05) is 12.8 Å². The zero-order valence-electron chi connectivity index (χ0n) is 17.1. The monoisotopic (exact) mass is 460 g/mol. The normalized spacial score (nSPS) is 21.3. The van der Waals surface area contributed by atoms with Crippen molar-refractivity contribution in [3.05, 3.63) is 84.4 Å². The summed E-state index contributed by atoms with van der Waals surface area (Å²) < 4.78 is 52.5. The quantitative estimate of drug-likeness (QED) is 0.550. The highest BCUT2D eigenvalue weighted by Gasteiger charge is 2.40. The van der Waals surface area contributed by atoms with Gasteiger partial charge in [0, 0.05) is 35.3 Å². The first-order valence-corrected chi connectivity index (χ1v) is 12.1. The summed E-state index contributed by atoms with van der Waals surface area (Å²) in [4.78, 5) is 0.